The number of fused-ring (bicyclic) bond motifs is 1. The lowest BCUT2D eigenvalue weighted by Gasteiger charge is -2.12. The Morgan fingerprint density at radius 2 is 1.46 bits per heavy atom. The Kier molecular flexibility index (Phi) is 5.38. The Balaban J connectivity index is 1.58. The zero-order valence-electron chi connectivity index (χ0n) is 15.5. The summed E-state index contributed by atoms with van der Waals surface area (Å²) in [7, 11) is 0. The highest BCUT2D eigenvalue weighted by Crippen LogP contribution is 2.26. The number of hydrogen-bond acceptors (Lipinski definition) is 3. The van der Waals surface area contributed by atoms with Crippen molar-refractivity contribution in [3.05, 3.63) is 96.1 Å². The second-order valence-corrected chi connectivity index (χ2v) is 6.65. The van der Waals surface area contributed by atoms with Gasteiger partial charge in [-0.05, 0) is 24.5 Å². The highest BCUT2D eigenvalue weighted by molar-refractivity contribution is 6.10. The van der Waals surface area contributed by atoms with Crippen LogP contribution in [0.15, 0.2) is 84.9 Å². The van der Waals surface area contributed by atoms with Gasteiger partial charge in [-0.2, -0.15) is 0 Å². The Hall–Kier alpha value is -3.53. The first-order valence-electron chi connectivity index (χ1n) is 9.46. The third kappa shape index (κ3) is 3.91. The topological polar surface area (TPSA) is 54.9 Å². The molecule has 0 aliphatic rings. The van der Waals surface area contributed by atoms with Crippen LogP contribution in [0.2, 0.25) is 0 Å². The van der Waals surface area contributed by atoms with Gasteiger partial charge in [-0.3, -0.25) is 4.79 Å². The number of aromatic nitrogens is 2. The van der Waals surface area contributed by atoms with E-state index in [2.05, 4.69) is 27.6 Å². The van der Waals surface area contributed by atoms with Crippen molar-refractivity contribution >= 4 is 16.8 Å². The Morgan fingerprint density at radius 1 is 0.786 bits per heavy atom. The van der Waals surface area contributed by atoms with E-state index in [1.54, 1.807) is 0 Å². The van der Waals surface area contributed by atoms with E-state index in [9.17, 15) is 4.79 Å². The Labute approximate surface area is 164 Å². The molecular formula is C24H21N3O. The molecular weight excluding hydrogens is 346 g/mol. The standard InChI is InChI=1S/C24H21N3O/c28-24(25-17-9-12-18-10-3-1-4-11-18)22-20-15-7-8-16-21(20)26-27-23(22)19-13-5-2-6-14-19/h1-8,10-11,13-16H,9,12,17H2,(H,25,28). The van der Waals surface area contributed by atoms with Crippen molar-refractivity contribution in [3.8, 4) is 11.3 Å². The molecule has 4 heteroatoms. The first-order valence-corrected chi connectivity index (χ1v) is 9.46. The van der Waals surface area contributed by atoms with Gasteiger partial charge in [0.05, 0.1) is 11.1 Å². The average Bonchev–Trinajstić information content (AvgIpc) is 2.77. The Bertz CT molecular complexity index is 1080. The van der Waals surface area contributed by atoms with Gasteiger partial charge in [0.15, 0.2) is 0 Å². The molecule has 0 fully saturated rings. The number of nitrogens with zero attached hydrogens (tertiary/aromatic N) is 2. The van der Waals surface area contributed by atoms with Gasteiger partial charge in [-0.25, -0.2) is 0 Å². The zero-order chi connectivity index (χ0) is 19.2. The van der Waals surface area contributed by atoms with Crippen molar-refractivity contribution in [1.82, 2.24) is 15.5 Å². The molecule has 0 spiro atoms. The molecule has 0 radical (unpaired) electrons. The molecule has 138 valence electrons. The van der Waals surface area contributed by atoms with E-state index in [4.69, 9.17) is 0 Å². The number of carbonyl (C=O) groups excluding carboxylic acids is 1. The molecule has 4 nitrogen and oxygen atoms in total. The molecule has 0 aliphatic heterocycles. The minimum absolute atomic E-state index is 0.113. The molecule has 4 aromatic rings. The maximum atomic E-state index is 13.1. The fourth-order valence-electron chi connectivity index (χ4n) is 3.31. The van der Waals surface area contributed by atoms with Gasteiger partial charge in [-0.15, -0.1) is 10.2 Å². The lowest BCUT2D eigenvalue weighted by molar-refractivity contribution is 0.0955. The molecule has 0 atom stereocenters. The third-order valence-corrected chi connectivity index (χ3v) is 4.71. The molecule has 0 unspecified atom stereocenters. The summed E-state index contributed by atoms with van der Waals surface area (Å²) in [6.07, 6.45) is 1.81. The molecule has 0 aliphatic carbocycles. The fraction of sp³-hybridized carbons (Fsp3) is 0.125. The molecule has 4 rings (SSSR count). The quantitative estimate of drug-likeness (QED) is 0.504. The van der Waals surface area contributed by atoms with E-state index in [1.807, 2.05) is 72.8 Å². The van der Waals surface area contributed by atoms with Gasteiger partial charge < -0.3 is 5.32 Å². The average molecular weight is 367 g/mol. The summed E-state index contributed by atoms with van der Waals surface area (Å²) in [5, 5.41) is 12.6. The van der Waals surface area contributed by atoms with Crippen LogP contribution in [0.1, 0.15) is 22.3 Å². The summed E-state index contributed by atoms with van der Waals surface area (Å²) in [6.45, 7) is 0.610. The minimum Gasteiger partial charge on any atom is -0.352 e. The predicted molar refractivity (Wildman–Crippen MR) is 112 cm³/mol. The summed E-state index contributed by atoms with van der Waals surface area (Å²) in [4.78, 5) is 13.1. The lowest BCUT2D eigenvalue weighted by atomic mass is 10.0. The zero-order valence-corrected chi connectivity index (χ0v) is 15.5. The number of benzene rings is 3. The van der Waals surface area contributed by atoms with E-state index >= 15 is 0 Å². The maximum Gasteiger partial charge on any atom is 0.254 e. The van der Waals surface area contributed by atoms with Crippen LogP contribution in [0.25, 0.3) is 22.2 Å². The first kappa shape index (κ1) is 17.9. The predicted octanol–water partition coefficient (Wildman–Crippen LogP) is 4.66. The van der Waals surface area contributed by atoms with Crippen LogP contribution in [0.5, 0.6) is 0 Å². The van der Waals surface area contributed by atoms with Crippen LogP contribution in [-0.4, -0.2) is 22.6 Å². The van der Waals surface area contributed by atoms with Crippen LogP contribution in [0.3, 0.4) is 0 Å². The van der Waals surface area contributed by atoms with Crippen LogP contribution >= 0.6 is 0 Å². The number of hydrogen-bond donors (Lipinski definition) is 1. The molecule has 1 N–H and O–H groups in total. The summed E-state index contributed by atoms with van der Waals surface area (Å²) in [6, 6.07) is 27.6. The molecule has 0 saturated carbocycles. The van der Waals surface area contributed by atoms with Crippen LogP contribution in [0, 0.1) is 0 Å². The molecule has 3 aromatic carbocycles. The van der Waals surface area contributed by atoms with Gasteiger partial charge in [0.25, 0.3) is 5.91 Å². The van der Waals surface area contributed by atoms with Crippen molar-refractivity contribution < 1.29 is 4.79 Å². The number of amides is 1. The van der Waals surface area contributed by atoms with E-state index in [1.165, 1.54) is 5.56 Å². The largest absolute Gasteiger partial charge is 0.352 e. The van der Waals surface area contributed by atoms with Gasteiger partial charge in [0, 0.05) is 17.5 Å². The monoisotopic (exact) mass is 367 g/mol. The number of carbonyl (C=O) groups is 1. The fourth-order valence-corrected chi connectivity index (χ4v) is 3.31. The second kappa shape index (κ2) is 8.44. The smallest absolute Gasteiger partial charge is 0.254 e. The van der Waals surface area contributed by atoms with Crippen molar-refractivity contribution in [2.75, 3.05) is 6.54 Å². The van der Waals surface area contributed by atoms with Gasteiger partial charge in [-0.1, -0.05) is 78.9 Å². The number of aryl methyl sites for hydroxylation is 1. The summed E-state index contributed by atoms with van der Waals surface area (Å²) < 4.78 is 0. The summed E-state index contributed by atoms with van der Waals surface area (Å²) in [5.74, 6) is -0.113. The highest BCUT2D eigenvalue weighted by Gasteiger charge is 2.18. The molecule has 0 saturated heterocycles. The second-order valence-electron chi connectivity index (χ2n) is 6.65. The number of rotatable bonds is 6. The van der Waals surface area contributed by atoms with Crippen LogP contribution in [0.4, 0.5) is 0 Å². The lowest BCUT2D eigenvalue weighted by Crippen LogP contribution is -2.26. The van der Waals surface area contributed by atoms with Gasteiger partial charge in [0.2, 0.25) is 0 Å². The van der Waals surface area contributed by atoms with Crippen molar-refractivity contribution in [2.45, 2.75) is 12.8 Å². The molecule has 1 amide bonds. The minimum atomic E-state index is -0.113. The normalized spacial score (nSPS) is 10.7. The summed E-state index contributed by atoms with van der Waals surface area (Å²) in [5.41, 5.74) is 4.07. The number of nitrogens with one attached hydrogen (secondary N) is 1. The molecule has 0 bridgehead atoms. The van der Waals surface area contributed by atoms with Crippen LogP contribution in [-0.2, 0) is 6.42 Å². The third-order valence-electron chi connectivity index (χ3n) is 4.71. The SMILES string of the molecule is O=C(NCCCc1ccccc1)c1c(-c2ccccc2)nnc2ccccc12. The molecule has 1 aromatic heterocycles. The molecule has 1 heterocycles. The van der Waals surface area contributed by atoms with E-state index in [0.29, 0.717) is 17.8 Å². The molecule has 28 heavy (non-hydrogen) atoms. The Morgan fingerprint density at radius 3 is 2.25 bits per heavy atom. The summed E-state index contributed by atoms with van der Waals surface area (Å²) >= 11 is 0. The van der Waals surface area contributed by atoms with Gasteiger partial charge >= 0.3 is 0 Å². The van der Waals surface area contributed by atoms with Crippen LogP contribution < -0.4 is 5.32 Å². The van der Waals surface area contributed by atoms with E-state index in [0.717, 1.165) is 29.3 Å². The van der Waals surface area contributed by atoms with Crippen molar-refractivity contribution in [2.24, 2.45) is 0 Å². The van der Waals surface area contributed by atoms with Crippen molar-refractivity contribution in [1.29, 1.82) is 0 Å². The maximum absolute atomic E-state index is 13.1. The van der Waals surface area contributed by atoms with E-state index < -0.39 is 0 Å². The van der Waals surface area contributed by atoms with Crippen molar-refractivity contribution in [3.63, 3.8) is 0 Å². The van der Waals surface area contributed by atoms with E-state index in [-0.39, 0.29) is 5.91 Å². The highest BCUT2D eigenvalue weighted by atomic mass is 16.1. The van der Waals surface area contributed by atoms with Gasteiger partial charge in [0.1, 0.15) is 5.69 Å². The first-order chi connectivity index (χ1) is 13.8.